The lowest BCUT2D eigenvalue weighted by Gasteiger charge is -2.37. The molecule has 1 aliphatic carbocycles. The molecule has 0 bridgehead atoms. The van der Waals surface area contributed by atoms with Crippen LogP contribution in [-0.4, -0.2) is 60.4 Å². The van der Waals surface area contributed by atoms with Crippen LogP contribution in [0.25, 0.3) is 0 Å². The highest BCUT2D eigenvalue weighted by Crippen LogP contribution is 2.35. The molecule has 1 saturated carbocycles. The third kappa shape index (κ3) is 3.96. The molecule has 0 radical (unpaired) electrons. The molecular weight excluding hydrogens is 268 g/mol. The fourth-order valence-corrected chi connectivity index (χ4v) is 3.99. The Bertz CT molecular complexity index is 353. The maximum Gasteiger partial charge on any atom is 0.323 e. The summed E-state index contributed by atoms with van der Waals surface area (Å²) in [6.07, 6.45) is 4.80. The van der Waals surface area contributed by atoms with E-state index in [9.17, 15) is 9.90 Å². The first kappa shape index (κ1) is 16.7. The Kier molecular flexibility index (Phi) is 5.63. The van der Waals surface area contributed by atoms with Gasteiger partial charge in [0.05, 0.1) is 0 Å². The van der Waals surface area contributed by atoms with Gasteiger partial charge < -0.3 is 14.7 Å². The van der Waals surface area contributed by atoms with Crippen molar-refractivity contribution in [3.8, 4) is 0 Å². The lowest BCUT2D eigenvalue weighted by Crippen LogP contribution is -2.54. The first-order chi connectivity index (χ1) is 9.97. The molecule has 122 valence electrons. The Labute approximate surface area is 128 Å². The normalized spacial score (nSPS) is 31.9. The Morgan fingerprint density at radius 3 is 2.57 bits per heavy atom. The van der Waals surface area contributed by atoms with Gasteiger partial charge in [0, 0.05) is 25.8 Å². The smallest absolute Gasteiger partial charge is 0.323 e. The van der Waals surface area contributed by atoms with Crippen LogP contribution in [0, 0.1) is 5.92 Å². The van der Waals surface area contributed by atoms with Gasteiger partial charge in [0.1, 0.15) is 5.54 Å². The predicted molar refractivity (Wildman–Crippen MR) is 82.5 cm³/mol. The molecule has 1 saturated heterocycles. The second-order valence-electron chi connectivity index (χ2n) is 7.02. The minimum Gasteiger partial charge on any atom is -0.480 e. The molecule has 0 aromatic heterocycles. The van der Waals surface area contributed by atoms with Crippen LogP contribution < -0.4 is 5.32 Å². The quantitative estimate of drug-likeness (QED) is 0.782. The van der Waals surface area contributed by atoms with Gasteiger partial charge in [0.25, 0.3) is 0 Å². The van der Waals surface area contributed by atoms with Crippen molar-refractivity contribution in [2.45, 2.75) is 63.6 Å². The van der Waals surface area contributed by atoms with Crippen molar-refractivity contribution >= 4 is 5.97 Å². The van der Waals surface area contributed by atoms with Crippen molar-refractivity contribution in [3.63, 3.8) is 0 Å². The van der Waals surface area contributed by atoms with Gasteiger partial charge in [-0.05, 0) is 65.0 Å². The first-order valence-electron chi connectivity index (χ1n) is 8.21. The highest BCUT2D eigenvalue weighted by atomic mass is 16.5. The van der Waals surface area contributed by atoms with E-state index in [1.165, 1.54) is 12.8 Å². The fourth-order valence-electron chi connectivity index (χ4n) is 3.99. The summed E-state index contributed by atoms with van der Waals surface area (Å²) >= 11 is 0. The molecule has 2 N–H and O–H groups in total. The lowest BCUT2D eigenvalue weighted by atomic mass is 9.94. The second-order valence-corrected chi connectivity index (χ2v) is 7.02. The molecule has 1 aliphatic heterocycles. The van der Waals surface area contributed by atoms with E-state index < -0.39 is 11.5 Å². The van der Waals surface area contributed by atoms with Crippen LogP contribution in [0.4, 0.5) is 0 Å². The molecule has 1 heterocycles. The van der Waals surface area contributed by atoms with Crippen molar-refractivity contribution in [3.05, 3.63) is 0 Å². The number of rotatable bonds is 6. The zero-order valence-electron chi connectivity index (χ0n) is 13.6. The van der Waals surface area contributed by atoms with Gasteiger partial charge >= 0.3 is 5.97 Å². The molecule has 2 aliphatic rings. The summed E-state index contributed by atoms with van der Waals surface area (Å²) in [6, 6.07) is 0.614. The molecule has 0 amide bonds. The van der Waals surface area contributed by atoms with Crippen molar-refractivity contribution in [1.82, 2.24) is 10.2 Å². The first-order valence-corrected chi connectivity index (χ1v) is 8.21. The van der Waals surface area contributed by atoms with E-state index in [1.54, 1.807) is 7.11 Å². The van der Waals surface area contributed by atoms with Crippen molar-refractivity contribution < 1.29 is 14.6 Å². The third-order valence-electron chi connectivity index (χ3n) is 5.03. The van der Waals surface area contributed by atoms with Gasteiger partial charge in [-0.3, -0.25) is 10.1 Å². The molecule has 0 spiro atoms. The summed E-state index contributed by atoms with van der Waals surface area (Å²) in [5.41, 5.74) is -0.720. The standard InChI is InChI=1S/C16H30N2O3/c1-12(2)17-16(15(19)20)7-4-14(10-16)18-8-5-13(6-9-18)11-21-3/h12-14,17H,4-11H2,1-3H3,(H,19,20). The van der Waals surface area contributed by atoms with Crippen LogP contribution in [0.1, 0.15) is 46.0 Å². The number of nitrogens with one attached hydrogen (secondary N) is 1. The number of methoxy groups -OCH3 is 1. The predicted octanol–water partition coefficient (Wildman–Crippen LogP) is 1.72. The number of carboxylic acid groups (broad SMARTS) is 1. The van der Waals surface area contributed by atoms with Crippen molar-refractivity contribution in [2.24, 2.45) is 5.92 Å². The summed E-state index contributed by atoms with van der Waals surface area (Å²) in [5.74, 6) is -0.0151. The third-order valence-corrected chi connectivity index (χ3v) is 5.03. The van der Waals surface area contributed by atoms with Gasteiger partial charge in [-0.25, -0.2) is 0 Å². The Balaban J connectivity index is 1.91. The second kappa shape index (κ2) is 7.07. The zero-order chi connectivity index (χ0) is 15.5. The number of piperidine rings is 1. The SMILES string of the molecule is COCC1CCN(C2CCC(NC(C)C)(C(=O)O)C2)CC1. The number of carbonyl (C=O) groups is 1. The van der Waals surface area contributed by atoms with Gasteiger partial charge in [0.2, 0.25) is 0 Å². The molecule has 0 aromatic rings. The van der Waals surface area contributed by atoms with E-state index in [0.29, 0.717) is 12.0 Å². The zero-order valence-corrected chi connectivity index (χ0v) is 13.6. The molecule has 21 heavy (non-hydrogen) atoms. The maximum atomic E-state index is 11.7. The average molecular weight is 298 g/mol. The lowest BCUT2D eigenvalue weighted by molar-refractivity contribution is -0.145. The van der Waals surface area contributed by atoms with Crippen LogP contribution in [0.3, 0.4) is 0 Å². The van der Waals surface area contributed by atoms with Crippen LogP contribution >= 0.6 is 0 Å². The summed E-state index contributed by atoms with van der Waals surface area (Å²) < 4.78 is 5.24. The number of aliphatic carboxylic acids is 1. The Hall–Kier alpha value is -0.650. The Morgan fingerprint density at radius 2 is 2.05 bits per heavy atom. The number of carboxylic acids is 1. The van der Waals surface area contributed by atoms with E-state index in [4.69, 9.17) is 4.74 Å². The van der Waals surface area contributed by atoms with Gasteiger partial charge in [0.15, 0.2) is 0 Å². The topological polar surface area (TPSA) is 61.8 Å². The molecular formula is C16H30N2O3. The molecule has 2 fully saturated rings. The van der Waals surface area contributed by atoms with E-state index in [1.807, 2.05) is 13.8 Å². The average Bonchev–Trinajstić information content (AvgIpc) is 2.85. The molecule has 5 heteroatoms. The molecule has 2 atom stereocenters. The largest absolute Gasteiger partial charge is 0.480 e. The van der Waals surface area contributed by atoms with Crippen LogP contribution in [0.15, 0.2) is 0 Å². The summed E-state index contributed by atoms with van der Waals surface area (Å²) in [7, 11) is 1.77. The summed E-state index contributed by atoms with van der Waals surface area (Å²) in [6.45, 7) is 7.06. The van der Waals surface area contributed by atoms with Crippen molar-refractivity contribution in [1.29, 1.82) is 0 Å². The minimum absolute atomic E-state index is 0.201. The highest BCUT2D eigenvalue weighted by molar-refractivity contribution is 5.79. The van der Waals surface area contributed by atoms with E-state index in [2.05, 4.69) is 10.2 Å². The number of ether oxygens (including phenoxy) is 1. The Morgan fingerprint density at radius 1 is 1.38 bits per heavy atom. The monoisotopic (exact) mass is 298 g/mol. The van der Waals surface area contributed by atoms with Crippen LogP contribution in [0.2, 0.25) is 0 Å². The highest BCUT2D eigenvalue weighted by Gasteiger charge is 2.47. The molecule has 2 unspecified atom stereocenters. The number of nitrogens with zero attached hydrogens (tertiary/aromatic N) is 1. The van der Waals surface area contributed by atoms with Crippen LogP contribution in [0.5, 0.6) is 0 Å². The number of likely N-dealkylation sites (tertiary alicyclic amines) is 1. The summed E-state index contributed by atoms with van der Waals surface area (Å²) in [4.78, 5) is 14.2. The van der Waals surface area contributed by atoms with Gasteiger partial charge in [-0.15, -0.1) is 0 Å². The maximum absolute atomic E-state index is 11.7. The van der Waals surface area contributed by atoms with Crippen LogP contribution in [-0.2, 0) is 9.53 Å². The summed E-state index contributed by atoms with van der Waals surface area (Å²) in [5, 5.41) is 12.9. The molecule has 2 rings (SSSR count). The fraction of sp³-hybridized carbons (Fsp3) is 0.938. The minimum atomic E-state index is -0.720. The van der Waals surface area contributed by atoms with Gasteiger partial charge in [-0.1, -0.05) is 0 Å². The van der Waals surface area contributed by atoms with E-state index >= 15 is 0 Å². The van der Waals surface area contributed by atoms with Crippen molar-refractivity contribution in [2.75, 3.05) is 26.8 Å². The van der Waals surface area contributed by atoms with E-state index in [-0.39, 0.29) is 6.04 Å². The number of hydrogen-bond acceptors (Lipinski definition) is 4. The van der Waals surface area contributed by atoms with E-state index in [0.717, 1.165) is 39.0 Å². The van der Waals surface area contributed by atoms with Gasteiger partial charge in [-0.2, -0.15) is 0 Å². The molecule has 0 aromatic carbocycles. The number of hydrogen-bond donors (Lipinski definition) is 2. The molecule has 5 nitrogen and oxygen atoms in total.